The van der Waals surface area contributed by atoms with Gasteiger partial charge < -0.3 is 4.57 Å². The molecule has 122 valence electrons. The van der Waals surface area contributed by atoms with Gasteiger partial charge in [0.25, 0.3) is 11.8 Å². The van der Waals surface area contributed by atoms with Crippen LogP contribution in [0, 0.1) is 6.92 Å². The first-order valence-electron chi connectivity index (χ1n) is 7.22. The second-order valence-electron chi connectivity index (χ2n) is 5.37. The molecule has 2 amide bonds. The normalized spacial score (nSPS) is 16.1. The lowest BCUT2D eigenvalue weighted by atomic mass is 10.1. The van der Waals surface area contributed by atoms with Gasteiger partial charge in [0.1, 0.15) is 0 Å². The summed E-state index contributed by atoms with van der Waals surface area (Å²) in [7, 11) is 1.89. The summed E-state index contributed by atoms with van der Waals surface area (Å²) < 4.78 is 2.21. The quantitative estimate of drug-likeness (QED) is 0.678. The molecule has 0 saturated carbocycles. The first kappa shape index (κ1) is 16.5. The lowest BCUT2D eigenvalue weighted by Crippen LogP contribution is -2.44. The van der Waals surface area contributed by atoms with Crippen molar-refractivity contribution in [1.29, 1.82) is 0 Å². The van der Waals surface area contributed by atoms with Gasteiger partial charge >= 0.3 is 0 Å². The third-order valence-electron chi connectivity index (χ3n) is 3.55. The summed E-state index contributed by atoms with van der Waals surface area (Å²) >= 11 is 6.39. The zero-order valence-corrected chi connectivity index (χ0v) is 14.8. The molecular weight excluding hydrogens is 342 g/mol. The minimum absolute atomic E-state index is 0.307. The molecular formula is C17H15N3O2S2. The van der Waals surface area contributed by atoms with Gasteiger partial charge in [0.05, 0.1) is 4.91 Å². The average molecular weight is 357 g/mol. The Morgan fingerprint density at radius 1 is 1.29 bits per heavy atom. The topological polar surface area (TPSA) is 54.3 Å². The SMILES string of the molecule is Cc1cccc(C(=O)NN2C(=O)C(=Cc3cccn3C)SC2=S)c1. The van der Waals surface area contributed by atoms with E-state index in [2.05, 4.69) is 5.43 Å². The monoisotopic (exact) mass is 357 g/mol. The number of carbonyl (C=O) groups is 2. The summed E-state index contributed by atoms with van der Waals surface area (Å²) in [5, 5.41) is 1.12. The number of hydrogen-bond donors (Lipinski definition) is 1. The zero-order chi connectivity index (χ0) is 17.3. The van der Waals surface area contributed by atoms with E-state index in [0.717, 1.165) is 16.3 Å². The Kier molecular flexibility index (Phi) is 4.55. The van der Waals surface area contributed by atoms with Crippen molar-refractivity contribution in [2.45, 2.75) is 6.92 Å². The molecule has 1 aromatic heterocycles. The van der Waals surface area contributed by atoms with Crippen molar-refractivity contribution in [1.82, 2.24) is 15.0 Å². The predicted molar refractivity (Wildman–Crippen MR) is 99.1 cm³/mol. The van der Waals surface area contributed by atoms with E-state index in [-0.39, 0.29) is 11.8 Å². The number of hydrogen-bond acceptors (Lipinski definition) is 4. The Hall–Kier alpha value is -2.38. The maximum atomic E-state index is 12.5. The van der Waals surface area contributed by atoms with Crippen LogP contribution in [-0.2, 0) is 11.8 Å². The maximum absolute atomic E-state index is 12.5. The summed E-state index contributed by atoms with van der Waals surface area (Å²) in [6.07, 6.45) is 3.66. The van der Waals surface area contributed by atoms with Crippen LogP contribution in [0.15, 0.2) is 47.5 Å². The number of nitrogens with one attached hydrogen (secondary N) is 1. The van der Waals surface area contributed by atoms with Crippen molar-refractivity contribution in [2.75, 3.05) is 0 Å². The number of carbonyl (C=O) groups excluding carboxylic acids is 2. The maximum Gasteiger partial charge on any atom is 0.285 e. The Labute approximate surface area is 149 Å². The molecule has 1 aliphatic rings. The molecule has 0 aliphatic carbocycles. The smallest absolute Gasteiger partial charge is 0.285 e. The zero-order valence-electron chi connectivity index (χ0n) is 13.1. The second-order valence-corrected chi connectivity index (χ2v) is 7.05. The van der Waals surface area contributed by atoms with Gasteiger partial charge in [-0.2, -0.15) is 5.01 Å². The lowest BCUT2D eigenvalue weighted by molar-refractivity contribution is -0.123. The van der Waals surface area contributed by atoms with Gasteiger partial charge in [0.15, 0.2) is 4.32 Å². The van der Waals surface area contributed by atoms with E-state index in [1.165, 1.54) is 11.8 Å². The van der Waals surface area contributed by atoms with Crippen molar-refractivity contribution in [3.05, 3.63) is 64.3 Å². The van der Waals surface area contributed by atoms with Crippen LogP contribution in [0.1, 0.15) is 21.6 Å². The van der Waals surface area contributed by atoms with E-state index < -0.39 is 0 Å². The Morgan fingerprint density at radius 3 is 2.75 bits per heavy atom. The molecule has 1 fully saturated rings. The van der Waals surface area contributed by atoms with Gasteiger partial charge in [-0.15, -0.1) is 0 Å². The number of thiocarbonyl (C=S) groups is 1. The summed E-state index contributed by atoms with van der Waals surface area (Å²) in [5.74, 6) is -0.692. The Bertz CT molecular complexity index is 870. The first-order chi connectivity index (χ1) is 11.5. The van der Waals surface area contributed by atoms with Crippen molar-refractivity contribution in [3.8, 4) is 0 Å². The van der Waals surface area contributed by atoms with Crippen LogP contribution in [0.4, 0.5) is 0 Å². The number of nitrogens with zero attached hydrogens (tertiary/aromatic N) is 2. The fraction of sp³-hybridized carbons (Fsp3) is 0.118. The van der Waals surface area contributed by atoms with Gasteiger partial charge in [-0.3, -0.25) is 15.0 Å². The van der Waals surface area contributed by atoms with Gasteiger partial charge in [0, 0.05) is 24.5 Å². The van der Waals surface area contributed by atoms with Crippen molar-refractivity contribution in [2.24, 2.45) is 7.05 Å². The summed E-state index contributed by atoms with van der Waals surface area (Å²) in [6.45, 7) is 1.90. The molecule has 0 atom stereocenters. The molecule has 2 aromatic rings. The standard InChI is InChI=1S/C17H15N3O2S2/c1-11-5-3-6-12(9-11)15(21)18-20-16(22)14(24-17(20)23)10-13-7-4-8-19(13)2/h3-10H,1-2H3,(H,18,21). The number of aryl methyl sites for hydroxylation is 2. The second kappa shape index (κ2) is 6.62. The lowest BCUT2D eigenvalue weighted by Gasteiger charge is -2.15. The van der Waals surface area contributed by atoms with Gasteiger partial charge in [-0.1, -0.05) is 29.5 Å². The van der Waals surface area contributed by atoms with Crippen LogP contribution in [0.2, 0.25) is 0 Å². The van der Waals surface area contributed by atoms with Crippen LogP contribution in [0.5, 0.6) is 0 Å². The third kappa shape index (κ3) is 3.27. The number of aromatic nitrogens is 1. The predicted octanol–water partition coefficient (Wildman–Crippen LogP) is 2.88. The minimum atomic E-state index is -0.366. The van der Waals surface area contributed by atoms with Crippen LogP contribution in [-0.4, -0.2) is 25.7 Å². The highest BCUT2D eigenvalue weighted by atomic mass is 32.2. The molecule has 24 heavy (non-hydrogen) atoms. The van der Waals surface area contributed by atoms with Crippen molar-refractivity contribution < 1.29 is 9.59 Å². The third-order valence-corrected chi connectivity index (χ3v) is 4.85. The molecule has 5 nitrogen and oxygen atoms in total. The fourth-order valence-electron chi connectivity index (χ4n) is 2.28. The highest BCUT2D eigenvalue weighted by molar-refractivity contribution is 8.26. The van der Waals surface area contributed by atoms with E-state index in [1.54, 1.807) is 24.3 Å². The molecule has 0 radical (unpaired) electrons. The molecule has 7 heteroatoms. The molecule has 0 unspecified atom stereocenters. The van der Waals surface area contributed by atoms with E-state index in [1.807, 2.05) is 42.9 Å². The van der Waals surface area contributed by atoms with Crippen LogP contribution in [0.25, 0.3) is 6.08 Å². The van der Waals surface area contributed by atoms with Crippen LogP contribution < -0.4 is 5.43 Å². The first-order valence-corrected chi connectivity index (χ1v) is 8.45. The molecule has 0 bridgehead atoms. The van der Waals surface area contributed by atoms with Crippen LogP contribution in [0.3, 0.4) is 0 Å². The van der Waals surface area contributed by atoms with Gasteiger partial charge in [-0.05, 0) is 49.5 Å². The number of hydrazine groups is 1. The van der Waals surface area contributed by atoms with E-state index in [9.17, 15) is 9.59 Å². The van der Waals surface area contributed by atoms with Crippen molar-refractivity contribution in [3.63, 3.8) is 0 Å². The van der Waals surface area contributed by atoms with E-state index in [0.29, 0.717) is 14.8 Å². The van der Waals surface area contributed by atoms with Crippen LogP contribution >= 0.6 is 24.0 Å². The van der Waals surface area contributed by atoms with Gasteiger partial charge in [0.2, 0.25) is 0 Å². The summed E-state index contributed by atoms with van der Waals surface area (Å²) in [4.78, 5) is 25.3. The molecule has 1 aliphatic heterocycles. The fourth-order valence-corrected chi connectivity index (χ4v) is 3.44. The largest absolute Gasteiger partial charge is 0.351 e. The number of thioether (sulfide) groups is 1. The summed E-state index contributed by atoms with van der Waals surface area (Å²) in [6, 6.07) is 10.9. The summed E-state index contributed by atoms with van der Waals surface area (Å²) in [5.41, 5.74) is 4.92. The minimum Gasteiger partial charge on any atom is -0.351 e. The number of rotatable bonds is 3. The molecule has 1 saturated heterocycles. The molecule has 1 N–H and O–H groups in total. The number of benzene rings is 1. The number of amides is 2. The van der Waals surface area contributed by atoms with Gasteiger partial charge in [-0.25, -0.2) is 0 Å². The molecule has 0 spiro atoms. The van der Waals surface area contributed by atoms with Crippen molar-refractivity contribution >= 4 is 46.2 Å². The average Bonchev–Trinajstić information content (AvgIpc) is 3.06. The molecule has 2 heterocycles. The molecule has 3 rings (SSSR count). The van der Waals surface area contributed by atoms with E-state index >= 15 is 0 Å². The highest BCUT2D eigenvalue weighted by Crippen LogP contribution is 2.31. The Morgan fingerprint density at radius 2 is 2.08 bits per heavy atom. The molecule has 1 aromatic carbocycles. The highest BCUT2D eigenvalue weighted by Gasteiger charge is 2.33. The van der Waals surface area contributed by atoms with E-state index in [4.69, 9.17) is 12.2 Å². The Balaban J connectivity index is 1.79.